The standard InChI is InChI=1S/C13H9ClF2N2O3/c1-6-2-7(9(4-17-6)12(19)20)8-3-11(14)18-5-10(8)21-13(15)16/h2-5,13H,1H3,(H,19,20). The zero-order valence-electron chi connectivity index (χ0n) is 10.7. The van der Waals surface area contributed by atoms with Crippen LogP contribution in [0, 0.1) is 6.92 Å². The van der Waals surface area contributed by atoms with Crippen molar-refractivity contribution >= 4 is 17.6 Å². The molecule has 0 aliphatic rings. The fourth-order valence-electron chi connectivity index (χ4n) is 1.77. The lowest BCUT2D eigenvalue weighted by atomic mass is 10.0. The van der Waals surface area contributed by atoms with Crippen LogP contribution < -0.4 is 4.74 Å². The number of carboxylic acid groups (broad SMARTS) is 1. The van der Waals surface area contributed by atoms with Crippen LogP contribution >= 0.6 is 11.6 Å². The molecule has 0 unspecified atom stereocenters. The summed E-state index contributed by atoms with van der Waals surface area (Å²) >= 11 is 5.76. The number of aryl methyl sites for hydroxylation is 1. The summed E-state index contributed by atoms with van der Waals surface area (Å²) in [6, 6.07) is 2.72. The number of aromatic nitrogens is 2. The smallest absolute Gasteiger partial charge is 0.387 e. The van der Waals surface area contributed by atoms with Gasteiger partial charge < -0.3 is 9.84 Å². The minimum absolute atomic E-state index is 0.0254. The van der Waals surface area contributed by atoms with E-state index in [0.29, 0.717) is 5.69 Å². The molecule has 0 aromatic carbocycles. The second-order valence-corrected chi connectivity index (χ2v) is 4.45. The third-order valence-corrected chi connectivity index (χ3v) is 2.82. The van der Waals surface area contributed by atoms with E-state index < -0.39 is 12.6 Å². The van der Waals surface area contributed by atoms with Gasteiger partial charge in [0.1, 0.15) is 5.15 Å². The van der Waals surface area contributed by atoms with Gasteiger partial charge in [-0.15, -0.1) is 0 Å². The highest BCUT2D eigenvalue weighted by atomic mass is 35.5. The number of nitrogens with zero attached hydrogens (tertiary/aromatic N) is 2. The molecule has 2 rings (SSSR count). The molecule has 0 amide bonds. The van der Waals surface area contributed by atoms with Gasteiger partial charge in [0.05, 0.1) is 11.8 Å². The summed E-state index contributed by atoms with van der Waals surface area (Å²) in [6.07, 6.45) is 2.17. The largest absolute Gasteiger partial charge is 0.478 e. The fraction of sp³-hybridized carbons (Fsp3) is 0.154. The number of carboxylic acids is 1. The van der Waals surface area contributed by atoms with Crippen LogP contribution in [0.15, 0.2) is 24.5 Å². The molecular weight excluding hydrogens is 306 g/mol. The monoisotopic (exact) mass is 314 g/mol. The molecule has 0 fully saturated rings. The molecule has 2 heterocycles. The minimum atomic E-state index is -3.07. The maximum absolute atomic E-state index is 12.4. The van der Waals surface area contributed by atoms with Crippen molar-refractivity contribution in [2.24, 2.45) is 0 Å². The SMILES string of the molecule is Cc1cc(-c2cc(Cl)ncc2OC(F)F)c(C(=O)O)cn1. The minimum Gasteiger partial charge on any atom is -0.478 e. The van der Waals surface area contributed by atoms with Crippen LogP contribution in [0.1, 0.15) is 16.1 Å². The Balaban J connectivity index is 2.68. The van der Waals surface area contributed by atoms with Crippen LogP contribution in [0.3, 0.4) is 0 Å². The first-order valence-electron chi connectivity index (χ1n) is 5.69. The van der Waals surface area contributed by atoms with Crippen LogP contribution in [-0.2, 0) is 0 Å². The predicted molar refractivity (Wildman–Crippen MR) is 70.8 cm³/mol. The third kappa shape index (κ3) is 3.43. The quantitative estimate of drug-likeness (QED) is 0.876. The average Bonchev–Trinajstić information content (AvgIpc) is 2.39. The Kier molecular flexibility index (Phi) is 4.32. The normalized spacial score (nSPS) is 10.7. The van der Waals surface area contributed by atoms with Crippen LogP contribution in [0.25, 0.3) is 11.1 Å². The Hall–Kier alpha value is -2.28. The molecular formula is C13H9ClF2N2O3. The van der Waals surface area contributed by atoms with E-state index in [4.69, 9.17) is 11.6 Å². The Labute approximate surface area is 123 Å². The van der Waals surface area contributed by atoms with E-state index in [1.54, 1.807) is 6.92 Å². The molecule has 0 radical (unpaired) electrons. The lowest BCUT2D eigenvalue weighted by molar-refractivity contribution is -0.0496. The highest BCUT2D eigenvalue weighted by Gasteiger charge is 2.19. The summed E-state index contributed by atoms with van der Waals surface area (Å²) in [6.45, 7) is -1.42. The summed E-state index contributed by atoms with van der Waals surface area (Å²) in [7, 11) is 0. The highest BCUT2D eigenvalue weighted by molar-refractivity contribution is 6.29. The number of carbonyl (C=O) groups is 1. The van der Waals surface area contributed by atoms with Crippen LogP contribution in [-0.4, -0.2) is 27.7 Å². The second kappa shape index (κ2) is 6.01. The van der Waals surface area contributed by atoms with Gasteiger partial charge in [0, 0.05) is 23.0 Å². The van der Waals surface area contributed by atoms with Gasteiger partial charge in [-0.3, -0.25) is 4.98 Å². The van der Waals surface area contributed by atoms with Crippen LogP contribution in [0.5, 0.6) is 5.75 Å². The van der Waals surface area contributed by atoms with Crippen molar-refractivity contribution < 1.29 is 23.4 Å². The van der Waals surface area contributed by atoms with Gasteiger partial charge in [-0.25, -0.2) is 9.78 Å². The van der Waals surface area contributed by atoms with Gasteiger partial charge in [-0.2, -0.15) is 8.78 Å². The number of alkyl halides is 2. The maximum Gasteiger partial charge on any atom is 0.387 e. The fourth-order valence-corrected chi connectivity index (χ4v) is 1.93. The van der Waals surface area contributed by atoms with E-state index in [9.17, 15) is 18.7 Å². The van der Waals surface area contributed by atoms with Gasteiger partial charge in [-0.1, -0.05) is 11.6 Å². The molecule has 2 aromatic heterocycles. The molecule has 21 heavy (non-hydrogen) atoms. The van der Waals surface area contributed by atoms with E-state index in [1.807, 2.05) is 0 Å². The van der Waals surface area contributed by atoms with Crippen molar-refractivity contribution in [3.8, 4) is 16.9 Å². The van der Waals surface area contributed by atoms with Gasteiger partial charge in [-0.05, 0) is 19.1 Å². The third-order valence-electron chi connectivity index (χ3n) is 2.61. The maximum atomic E-state index is 12.4. The molecule has 2 aromatic rings. The van der Waals surface area contributed by atoms with Crippen LogP contribution in [0.4, 0.5) is 8.78 Å². The number of hydrogen-bond donors (Lipinski definition) is 1. The molecule has 110 valence electrons. The molecule has 0 bridgehead atoms. The van der Waals surface area contributed by atoms with E-state index in [2.05, 4.69) is 14.7 Å². The molecule has 8 heteroatoms. The van der Waals surface area contributed by atoms with Gasteiger partial charge >= 0.3 is 12.6 Å². The first-order chi connectivity index (χ1) is 9.88. The summed E-state index contributed by atoms with van der Waals surface area (Å²) in [5, 5.41) is 9.21. The predicted octanol–water partition coefficient (Wildman–Crippen LogP) is 3.41. The number of hydrogen-bond acceptors (Lipinski definition) is 4. The summed E-state index contributed by atoms with van der Waals surface area (Å²) in [4.78, 5) is 18.8. The highest BCUT2D eigenvalue weighted by Crippen LogP contribution is 2.34. The molecule has 0 aliphatic carbocycles. The van der Waals surface area contributed by atoms with E-state index in [1.165, 1.54) is 12.1 Å². The van der Waals surface area contributed by atoms with E-state index in [-0.39, 0.29) is 27.6 Å². The Morgan fingerprint density at radius 1 is 1.29 bits per heavy atom. The number of halogens is 3. The molecule has 5 nitrogen and oxygen atoms in total. The lowest BCUT2D eigenvalue weighted by Gasteiger charge is -2.13. The first-order valence-corrected chi connectivity index (χ1v) is 6.07. The van der Waals surface area contributed by atoms with Gasteiger partial charge in [0.2, 0.25) is 0 Å². The number of rotatable bonds is 4. The van der Waals surface area contributed by atoms with Crippen molar-refractivity contribution in [1.82, 2.24) is 9.97 Å². The van der Waals surface area contributed by atoms with Crippen molar-refractivity contribution in [2.45, 2.75) is 13.5 Å². The molecule has 0 saturated heterocycles. The zero-order valence-corrected chi connectivity index (χ0v) is 11.4. The Bertz CT molecular complexity index is 695. The van der Waals surface area contributed by atoms with Gasteiger partial charge in [0.15, 0.2) is 5.75 Å². The lowest BCUT2D eigenvalue weighted by Crippen LogP contribution is -2.06. The average molecular weight is 315 g/mol. The van der Waals surface area contributed by atoms with Crippen molar-refractivity contribution in [1.29, 1.82) is 0 Å². The Morgan fingerprint density at radius 2 is 2.00 bits per heavy atom. The first kappa shape index (κ1) is 15.1. The molecule has 0 aliphatic heterocycles. The molecule has 0 atom stereocenters. The number of aromatic carboxylic acids is 1. The summed E-state index contributed by atoms with van der Waals surface area (Å²) < 4.78 is 29.2. The summed E-state index contributed by atoms with van der Waals surface area (Å²) in [5.74, 6) is -1.50. The molecule has 0 saturated carbocycles. The zero-order chi connectivity index (χ0) is 15.6. The van der Waals surface area contributed by atoms with Crippen molar-refractivity contribution in [2.75, 3.05) is 0 Å². The summed E-state index contributed by atoms with van der Waals surface area (Å²) in [5.41, 5.74) is 0.654. The van der Waals surface area contributed by atoms with Crippen LogP contribution in [0.2, 0.25) is 5.15 Å². The second-order valence-electron chi connectivity index (χ2n) is 4.06. The number of pyridine rings is 2. The Morgan fingerprint density at radius 3 is 2.62 bits per heavy atom. The topological polar surface area (TPSA) is 72.3 Å². The van der Waals surface area contributed by atoms with Gasteiger partial charge in [0.25, 0.3) is 0 Å². The van der Waals surface area contributed by atoms with E-state index >= 15 is 0 Å². The van der Waals surface area contributed by atoms with E-state index in [0.717, 1.165) is 12.4 Å². The van der Waals surface area contributed by atoms with Crippen molar-refractivity contribution in [3.05, 3.63) is 40.9 Å². The van der Waals surface area contributed by atoms with Crippen molar-refractivity contribution in [3.63, 3.8) is 0 Å². The molecule has 0 spiro atoms. The number of ether oxygens (including phenoxy) is 1. The molecule has 1 N–H and O–H groups in total.